The monoisotopic (exact) mass is 428 g/mol. The van der Waals surface area contributed by atoms with E-state index in [0.717, 1.165) is 11.1 Å². The molecule has 0 saturated carbocycles. The van der Waals surface area contributed by atoms with Gasteiger partial charge in [0, 0.05) is 11.4 Å². The van der Waals surface area contributed by atoms with Gasteiger partial charge in [-0.05, 0) is 49.2 Å². The highest BCUT2D eigenvalue weighted by Crippen LogP contribution is 2.12. The number of hydrogen-bond donors (Lipinski definition) is 4. The number of nitrogens with zero attached hydrogens (tertiary/aromatic N) is 2. The Bertz CT molecular complexity index is 1100. The molecule has 0 bridgehead atoms. The lowest BCUT2D eigenvalue weighted by Gasteiger charge is -2.07. The highest BCUT2D eigenvalue weighted by atomic mass is 16.2. The molecule has 0 unspecified atom stereocenters. The van der Waals surface area contributed by atoms with Crippen LogP contribution in [0.2, 0.25) is 0 Å². The molecule has 0 saturated heterocycles. The molecule has 3 aromatic carbocycles. The number of nitrogens with one attached hydrogen (secondary N) is 2. The Hall–Kier alpha value is -4.46. The van der Waals surface area contributed by atoms with E-state index in [9.17, 15) is 9.59 Å². The van der Waals surface area contributed by atoms with E-state index in [2.05, 4.69) is 21.1 Å². The van der Waals surface area contributed by atoms with E-state index < -0.39 is 0 Å². The third kappa shape index (κ3) is 5.37. The maximum atomic E-state index is 12.2. The number of hydrazone groups is 2. The zero-order valence-corrected chi connectivity index (χ0v) is 17.8. The van der Waals surface area contributed by atoms with Crippen LogP contribution in [0.5, 0.6) is 0 Å². The quantitative estimate of drug-likeness (QED) is 0.272. The van der Waals surface area contributed by atoms with Crippen LogP contribution in [0.4, 0.5) is 11.4 Å². The van der Waals surface area contributed by atoms with Crippen LogP contribution in [0.25, 0.3) is 0 Å². The average Bonchev–Trinajstić information content (AvgIpc) is 2.81. The first-order valence-corrected chi connectivity index (χ1v) is 9.86. The second kappa shape index (κ2) is 10.0. The third-order valence-electron chi connectivity index (χ3n) is 4.78. The smallest absolute Gasteiger partial charge is 0.273 e. The number of carbonyl (C=O) groups is 2. The van der Waals surface area contributed by atoms with Gasteiger partial charge in [-0.25, -0.2) is 10.9 Å². The highest BCUT2D eigenvalue weighted by molar-refractivity contribution is 6.05. The van der Waals surface area contributed by atoms with E-state index in [1.807, 2.05) is 24.3 Å². The Kier molecular flexibility index (Phi) is 6.97. The number of anilines is 2. The Labute approximate surface area is 186 Å². The fraction of sp³-hybridized carbons (Fsp3) is 0.0833. The van der Waals surface area contributed by atoms with Crippen molar-refractivity contribution in [3.63, 3.8) is 0 Å². The molecule has 3 aromatic rings. The Morgan fingerprint density at radius 2 is 0.969 bits per heavy atom. The van der Waals surface area contributed by atoms with Gasteiger partial charge in [-0.3, -0.25) is 9.59 Å². The van der Waals surface area contributed by atoms with Gasteiger partial charge in [-0.2, -0.15) is 10.2 Å². The summed E-state index contributed by atoms with van der Waals surface area (Å²) in [7, 11) is 0. The molecule has 8 nitrogen and oxygen atoms in total. The standard InChI is InChI=1S/C24H24N6O2/c1-15(27-29-23(31)19-7-3-5-9-21(19)25)17-11-13-18(14-12-17)16(2)28-30-24(32)20-8-4-6-10-22(20)26/h3-14H,25-26H2,1-2H3,(H,29,31)(H,30,32). The fourth-order valence-corrected chi connectivity index (χ4v) is 2.88. The topological polar surface area (TPSA) is 135 Å². The van der Waals surface area contributed by atoms with Crippen molar-refractivity contribution in [2.45, 2.75) is 13.8 Å². The summed E-state index contributed by atoms with van der Waals surface area (Å²) >= 11 is 0. The van der Waals surface area contributed by atoms with Crippen LogP contribution in [0, 0.1) is 0 Å². The van der Waals surface area contributed by atoms with Crippen LogP contribution in [0.15, 0.2) is 83.0 Å². The first-order chi connectivity index (χ1) is 15.4. The van der Waals surface area contributed by atoms with Crippen LogP contribution in [-0.2, 0) is 0 Å². The molecule has 3 rings (SSSR count). The summed E-state index contributed by atoms with van der Waals surface area (Å²) in [6, 6.07) is 21.0. The lowest BCUT2D eigenvalue weighted by Crippen LogP contribution is -2.21. The van der Waals surface area contributed by atoms with Gasteiger partial charge in [0.25, 0.3) is 11.8 Å². The van der Waals surface area contributed by atoms with Crippen LogP contribution in [0.1, 0.15) is 45.7 Å². The van der Waals surface area contributed by atoms with E-state index in [4.69, 9.17) is 11.5 Å². The molecule has 162 valence electrons. The lowest BCUT2D eigenvalue weighted by atomic mass is 10.1. The van der Waals surface area contributed by atoms with E-state index in [1.165, 1.54) is 0 Å². The minimum atomic E-state index is -0.378. The summed E-state index contributed by atoms with van der Waals surface area (Å²) in [5.74, 6) is -0.756. The van der Waals surface area contributed by atoms with Gasteiger partial charge >= 0.3 is 0 Å². The maximum absolute atomic E-state index is 12.2. The first-order valence-electron chi connectivity index (χ1n) is 9.86. The maximum Gasteiger partial charge on any atom is 0.273 e. The number of nitrogens with two attached hydrogens (primary N) is 2. The molecule has 8 heteroatoms. The average molecular weight is 428 g/mol. The predicted molar refractivity (Wildman–Crippen MR) is 128 cm³/mol. The fourth-order valence-electron chi connectivity index (χ4n) is 2.88. The molecule has 0 radical (unpaired) electrons. The zero-order chi connectivity index (χ0) is 23.1. The SMILES string of the molecule is CC(=NNC(=O)c1ccccc1N)c1ccc(C(C)=NNC(=O)c2ccccc2N)cc1. The molecule has 0 fully saturated rings. The van der Waals surface area contributed by atoms with Gasteiger partial charge < -0.3 is 11.5 Å². The molecule has 0 aromatic heterocycles. The summed E-state index contributed by atoms with van der Waals surface area (Å²) < 4.78 is 0. The van der Waals surface area contributed by atoms with Gasteiger partial charge in [0.2, 0.25) is 0 Å². The van der Waals surface area contributed by atoms with Gasteiger partial charge in [-0.1, -0.05) is 48.5 Å². The number of rotatable bonds is 6. The highest BCUT2D eigenvalue weighted by Gasteiger charge is 2.09. The molecule has 2 amide bonds. The van der Waals surface area contributed by atoms with Gasteiger partial charge in [0.15, 0.2) is 0 Å². The number of amides is 2. The molecule has 0 aliphatic carbocycles. The van der Waals surface area contributed by atoms with Crippen LogP contribution < -0.4 is 22.3 Å². The lowest BCUT2D eigenvalue weighted by molar-refractivity contribution is 0.0947. The zero-order valence-electron chi connectivity index (χ0n) is 17.8. The normalized spacial score (nSPS) is 11.7. The van der Waals surface area contributed by atoms with Crippen LogP contribution >= 0.6 is 0 Å². The van der Waals surface area contributed by atoms with Crippen molar-refractivity contribution in [3.05, 3.63) is 95.1 Å². The van der Waals surface area contributed by atoms with E-state index in [-0.39, 0.29) is 11.8 Å². The largest absolute Gasteiger partial charge is 0.398 e. The molecule has 0 atom stereocenters. The van der Waals surface area contributed by atoms with E-state index in [1.54, 1.807) is 62.4 Å². The number of carbonyl (C=O) groups excluding carboxylic acids is 2. The molecule has 0 aliphatic rings. The van der Waals surface area contributed by atoms with Crippen LogP contribution in [-0.4, -0.2) is 23.2 Å². The van der Waals surface area contributed by atoms with Crippen molar-refractivity contribution in [1.82, 2.24) is 10.9 Å². The van der Waals surface area contributed by atoms with Crippen LogP contribution in [0.3, 0.4) is 0 Å². The third-order valence-corrected chi connectivity index (χ3v) is 4.78. The number of hydrogen-bond acceptors (Lipinski definition) is 6. The second-order valence-electron chi connectivity index (χ2n) is 7.03. The number of benzene rings is 3. The molecule has 0 heterocycles. The Morgan fingerprint density at radius 3 is 1.31 bits per heavy atom. The van der Waals surface area contributed by atoms with Crippen molar-refractivity contribution in [2.75, 3.05) is 11.5 Å². The molecule has 32 heavy (non-hydrogen) atoms. The first kappa shape index (κ1) is 22.2. The van der Waals surface area contributed by atoms with Gasteiger partial charge in [-0.15, -0.1) is 0 Å². The van der Waals surface area contributed by atoms with Crippen molar-refractivity contribution >= 4 is 34.6 Å². The summed E-state index contributed by atoms with van der Waals surface area (Å²) in [6.45, 7) is 3.57. The number of para-hydroxylation sites is 2. The minimum absolute atomic E-state index is 0.366. The van der Waals surface area contributed by atoms with Crippen molar-refractivity contribution in [3.8, 4) is 0 Å². The second-order valence-corrected chi connectivity index (χ2v) is 7.03. The van der Waals surface area contributed by atoms with E-state index >= 15 is 0 Å². The summed E-state index contributed by atoms with van der Waals surface area (Å²) in [5.41, 5.74) is 21.1. The Morgan fingerprint density at radius 1 is 0.625 bits per heavy atom. The Balaban J connectivity index is 1.64. The van der Waals surface area contributed by atoms with Crippen molar-refractivity contribution in [1.29, 1.82) is 0 Å². The molecule has 6 N–H and O–H groups in total. The molecular formula is C24H24N6O2. The van der Waals surface area contributed by atoms with Crippen molar-refractivity contribution in [2.24, 2.45) is 10.2 Å². The molecule has 0 spiro atoms. The van der Waals surface area contributed by atoms with Crippen molar-refractivity contribution < 1.29 is 9.59 Å². The molecule has 0 aliphatic heterocycles. The van der Waals surface area contributed by atoms with Gasteiger partial charge in [0.1, 0.15) is 0 Å². The summed E-state index contributed by atoms with van der Waals surface area (Å²) in [5, 5.41) is 8.30. The predicted octanol–water partition coefficient (Wildman–Crippen LogP) is 3.16. The number of nitrogen functional groups attached to an aromatic ring is 2. The summed E-state index contributed by atoms with van der Waals surface area (Å²) in [6.07, 6.45) is 0. The van der Waals surface area contributed by atoms with E-state index in [0.29, 0.717) is 33.9 Å². The molecular weight excluding hydrogens is 404 g/mol. The minimum Gasteiger partial charge on any atom is -0.398 e. The summed E-state index contributed by atoms with van der Waals surface area (Å²) in [4.78, 5) is 24.5. The van der Waals surface area contributed by atoms with Gasteiger partial charge in [0.05, 0.1) is 22.6 Å².